The highest BCUT2D eigenvalue weighted by molar-refractivity contribution is 9.10. The maximum absolute atomic E-state index is 10.5. The smallest absolute Gasteiger partial charge is 0.163 e. The summed E-state index contributed by atoms with van der Waals surface area (Å²) in [4.78, 5) is 4.07. The van der Waals surface area contributed by atoms with E-state index in [2.05, 4.69) is 32.9 Å². The Kier molecular flexibility index (Phi) is 4.55. The fourth-order valence-electron chi connectivity index (χ4n) is 1.94. The minimum atomic E-state index is -0.811. The van der Waals surface area contributed by atoms with Crippen molar-refractivity contribution in [1.82, 2.24) is 14.8 Å². The molecule has 1 N–H and O–H groups in total. The van der Waals surface area contributed by atoms with E-state index in [1.807, 2.05) is 6.07 Å². The molecular formula is C13H16BrN3O2. The second-order valence-corrected chi connectivity index (χ2v) is 5.08. The van der Waals surface area contributed by atoms with Gasteiger partial charge in [-0.2, -0.15) is 5.10 Å². The number of methoxy groups -OCH3 is 1. The molecule has 0 aromatic carbocycles. The van der Waals surface area contributed by atoms with Crippen molar-refractivity contribution in [3.05, 3.63) is 40.4 Å². The third-order valence-electron chi connectivity index (χ3n) is 2.80. The normalized spacial score (nSPS) is 12.4. The van der Waals surface area contributed by atoms with Gasteiger partial charge in [-0.3, -0.25) is 9.67 Å². The average Bonchev–Trinajstić information content (AvgIpc) is 2.81. The van der Waals surface area contributed by atoms with E-state index in [0.717, 1.165) is 17.4 Å². The first-order valence-electron chi connectivity index (χ1n) is 6.05. The Bertz CT molecular complexity index is 557. The van der Waals surface area contributed by atoms with Crippen LogP contribution < -0.4 is 4.74 Å². The number of rotatable bonds is 5. The lowest BCUT2D eigenvalue weighted by molar-refractivity contribution is 0.201. The van der Waals surface area contributed by atoms with Gasteiger partial charge in [-0.15, -0.1) is 0 Å². The molecule has 0 bridgehead atoms. The predicted molar refractivity (Wildman–Crippen MR) is 75.1 cm³/mol. The molecule has 2 heterocycles. The van der Waals surface area contributed by atoms with Crippen LogP contribution in [0, 0.1) is 0 Å². The molecule has 0 amide bonds. The quantitative estimate of drug-likeness (QED) is 0.917. The summed E-state index contributed by atoms with van der Waals surface area (Å²) in [5.74, 6) is 0.584. The number of ether oxygens (including phenoxy) is 1. The van der Waals surface area contributed by atoms with Crippen LogP contribution in [0.5, 0.6) is 5.75 Å². The molecule has 0 aliphatic heterocycles. The highest BCUT2D eigenvalue weighted by atomic mass is 79.9. The average molecular weight is 326 g/mol. The summed E-state index contributed by atoms with van der Waals surface area (Å²) < 4.78 is 7.86. The van der Waals surface area contributed by atoms with Crippen LogP contribution in [0.2, 0.25) is 0 Å². The third-order valence-corrected chi connectivity index (χ3v) is 3.23. The van der Waals surface area contributed by atoms with Gasteiger partial charge in [0, 0.05) is 29.0 Å². The van der Waals surface area contributed by atoms with Crippen molar-refractivity contribution in [3.63, 3.8) is 0 Å². The fourth-order valence-corrected chi connectivity index (χ4v) is 2.32. The number of hydrogen-bond donors (Lipinski definition) is 1. The summed E-state index contributed by atoms with van der Waals surface area (Å²) in [6.45, 7) is 2.79. The lowest BCUT2D eigenvalue weighted by Crippen LogP contribution is -2.11. The van der Waals surface area contributed by atoms with E-state index in [1.54, 1.807) is 30.4 Å². The third kappa shape index (κ3) is 2.96. The van der Waals surface area contributed by atoms with Gasteiger partial charge in [-0.05, 0) is 28.4 Å². The van der Waals surface area contributed by atoms with Gasteiger partial charge in [0.05, 0.1) is 13.3 Å². The van der Waals surface area contributed by atoms with Crippen molar-refractivity contribution in [3.8, 4) is 5.75 Å². The van der Waals surface area contributed by atoms with Gasteiger partial charge >= 0.3 is 0 Å². The molecule has 0 aliphatic carbocycles. The first-order valence-corrected chi connectivity index (χ1v) is 6.84. The highest BCUT2D eigenvalue weighted by Gasteiger charge is 2.21. The van der Waals surface area contributed by atoms with Gasteiger partial charge in [-0.1, -0.05) is 6.92 Å². The second kappa shape index (κ2) is 6.16. The molecule has 2 aromatic heterocycles. The maximum atomic E-state index is 10.5. The molecule has 1 unspecified atom stereocenters. The van der Waals surface area contributed by atoms with Crippen LogP contribution >= 0.6 is 15.9 Å². The Labute approximate surface area is 120 Å². The monoisotopic (exact) mass is 325 g/mol. The number of pyridine rings is 1. The molecule has 5 nitrogen and oxygen atoms in total. The number of nitrogens with zero attached hydrogens (tertiary/aromatic N) is 3. The Morgan fingerprint density at radius 2 is 2.21 bits per heavy atom. The Morgan fingerprint density at radius 3 is 2.84 bits per heavy atom. The molecule has 6 heteroatoms. The van der Waals surface area contributed by atoms with Gasteiger partial charge in [0.1, 0.15) is 11.8 Å². The summed E-state index contributed by atoms with van der Waals surface area (Å²) in [6, 6.07) is 1.83. The standard InChI is InChI=1S/C13H16BrN3O2/c1-3-4-17-12(11(19-2)8-16-17)13(18)9-5-10(14)7-15-6-9/h5-8,13,18H,3-4H2,1-2H3. The van der Waals surface area contributed by atoms with Crippen molar-refractivity contribution >= 4 is 15.9 Å². The zero-order valence-electron chi connectivity index (χ0n) is 10.9. The van der Waals surface area contributed by atoms with E-state index in [4.69, 9.17) is 4.74 Å². The molecule has 1 atom stereocenters. The SMILES string of the molecule is CCCn1ncc(OC)c1C(O)c1cncc(Br)c1. The molecule has 0 saturated heterocycles. The number of aliphatic hydroxyl groups is 1. The zero-order valence-corrected chi connectivity index (χ0v) is 12.5. The maximum Gasteiger partial charge on any atom is 0.163 e. The van der Waals surface area contributed by atoms with E-state index < -0.39 is 6.10 Å². The van der Waals surface area contributed by atoms with E-state index in [1.165, 1.54) is 0 Å². The van der Waals surface area contributed by atoms with Crippen LogP contribution in [-0.4, -0.2) is 27.0 Å². The van der Waals surface area contributed by atoms with Gasteiger partial charge in [0.15, 0.2) is 5.75 Å². The molecule has 2 aromatic rings. The summed E-state index contributed by atoms with van der Waals surface area (Å²) >= 11 is 3.35. The number of hydrogen-bond acceptors (Lipinski definition) is 4. The molecule has 0 saturated carbocycles. The summed E-state index contributed by atoms with van der Waals surface area (Å²) in [6.07, 6.45) is 5.06. The highest BCUT2D eigenvalue weighted by Crippen LogP contribution is 2.30. The van der Waals surface area contributed by atoms with Gasteiger partial charge in [-0.25, -0.2) is 0 Å². The summed E-state index contributed by atoms with van der Waals surface area (Å²) in [5, 5.41) is 14.8. The van der Waals surface area contributed by atoms with Crippen LogP contribution in [0.15, 0.2) is 29.1 Å². The molecule has 0 radical (unpaired) electrons. The van der Waals surface area contributed by atoms with E-state index >= 15 is 0 Å². The van der Waals surface area contributed by atoms with E-state index in [9.17, 15) is 5.11 Å². The lowest BCUT2D eigenvalue weighted by atomic mass is 10.1. The largest absolute Gasteiger partial charge is 0.493 e. The lowest BCUT2D eigenvalue weighted by Gasteiger charge is -2.15. The molecule has 102 valence electrons. The number of halogens is 1. The van der Waals surface area contributed by atoms with Crippen LogP contribution in [0.1, 0.15) is 30.7 Å². The summed E-state index contributed by atoms with van der Waals surface area (Å²) in [7, 11) is 1.57. The van der Waals surface area contributed by atoms with Crippen molar-refractivity contribution in [2.45, 2.75) is 26.0 Å². The van der Waals surface area contributed by atoms with Crippen LogP contribution in [-0.2, 0) is 6.54 Å². The predicted octanol–water partition coefficient (Wildman–Crippen LogP) is 2.54. The molecule has 0 aliphatic rings. The summed E-state index contributed by atoms with van der Waals surface area (Å²) in [5.41, 5.74) is 1.36. The van der Waals surface area contributed by atoms with Crippen LogP contribution in [0.4, 0.5) is 0 Å². The van der Waals surface area contributed by atoms with Crippen molar-refractivity contribution in [2.24, 2.45) is 0 Å². The second-order valence-electron chi connectivity index (χ2n) is 4.16. The van der Waals surface area contributed by atoms with Gasteiger partial charge in [0.2, 0.25) is 0 Å². The first-order chi connectivity index (χ1) is 9.17. The van der Waals surface area contributed by atoms with Gasteiger partial charge < -0.3 is 9.84 Å². The topological polar surface area (TPSA) is 60.2 Å². The Hall–Kier alpha value is -1.40. The molecule has 0 spiro atoms. The number of aromatic nitrogens is 3. The van der Waals surface area contributed by atoms with Crippen molar-refractivity contribution in [1.29, 1.82) is 0 Å². The first kappa shape index (κ1) is 14.0. The van der Waals surface area contributed by atoms with E-state index in [0.29, 0.717) is 17.0 Å². The van der Waals surface area contributed by atoms with Crippen LogP contribution in [0.3, 0.4) is 0 Å². The number of aliphatic hydroxyl groups excluding tert-OH is 1. The van der Waals surface area contributed by atoms with Crippen molar-refractivity contribution in [2.75, 3.05) is 7.11 Å². The molecule has 19 heavy (non-hydrogen) atoms. The number of aryl methyl sites for hydroxylation is 1. The minimum Gasteiger partial charge on any atom is -0.493 e. The zero-order chi connectivity index (χ0) is 13.8. The molecule has 2 rings (SSSR count). The molecular weight excluding hydrogens is 310 g/mol. The minimum absolute atomic E-state index is 0.584. The van der Waals surface area contributed by atoms with Gasteiger partial charge in [0.25, 0.3) is 0 Å². The van der Waals surface area contributed by atoms with E-state index in [-0.39, 0.29) is 0 Å². The molecule has 0 fully saturated rings. The fraction of sp³-hybridized carbons (Fsp3) is 0.385. The van der Waals surface area contributed by atoms with Crippen molar-refractivity contribution < 1.29 is 9.84 Å². The van der Waals surface area contributed by atoms with Crippen LogP contribution in [0.25, 0.3) is 0 Å². The Balaban J connectivity index is 2.41. The Morgan fingerprint density at radius 1 is 1.42 bits per heavy atom.